The lowest BCUT2D eigenvalue weighted by Gasteiger charge is -2.14. The third-order valence-electron chi connectivity index (χ3n) is 3.84. The third kappa shape index (κ3) is 4.58. The van der Waals surface area contributed by atoms with Gasteiger partial charge in [0.15, 0.2) is 17.6 Å². The van der Waals surface area contributed by atoms with Crippen molar-refractivity contribution in [2.75, 3.05) is 19.2 Å². The van der Waals surface area contributed by atoms with Crippen molar-refractivity contribution in [3.8, 4) is 17.2 Å². The van der Waals surface area contributed by atoms with Crippen LogP contribution >= 0.6 is 0 Å². The molecular weight excluding hydrogens is 350 g/mol. The van der Waals surface area contributed by atoms with E-state index in [1.807, 2.05) is 0 Å². The summed E-state index contributed by atoms with van der Waals surface area (Å²) in [5.74, 6) is 0.721. The molecule has 1 heterocycles. The summed E-state index contributed by atoms with van der Waals surface area (Å²) in [6, 6.07) is 12.3. The standard InChI is InChI=1S/C20H19NO6/c1-13(20(23)21-15-5-3-4-6-16(15)24-2)27-19(22)10-8-14-7-9-17-18(11-14)26-12-25-17/h3-11,13H,12H2,1-2H3,(H,21,23)/b10-8+/t13-/m0/s1. The number of hydrogen-bond acceptors (Lipinski definition) is 6. The lowest BCUT2D eigenvalue weighted by atomic mass is 10.2. The number of hydrogen-bond donors (Lipinski definition) is 1. The molecule has 0 aromatic heterocycles. The number of fused-ring (bicyclic) bond motifs is 1. The summed E-state index contributed by atoms with van der Waals surface area (Å²) in [5.41, 5.74) is 1.26. The van der Waals surface area contributed by atoms with Crippen LogP contribution in [0, 0.1) is 0 Å². The van der Waals surface area contributed by atoms with Crippen LogP contribution in [0.25, 0.3) is 6.08 Å². The van der Waals surface area contributed by atoms with Crippen LogP contribution in [0.5, 0.6) is 17.2 Å². The number of ether oxygens (including phenoxy) is 4. The first-order valence-electron chi connectivity index (χ1n) is 8.29. The predicted octanol–water partition coefficient (Wildman–Crippen LogP) is 3.01. The van der Waals surface area contributed by atoms with E-state index in [-0.39, 0.29) is 6.79 Å². The first-order chi connectivity index (χ1) is 13.1. The molecule has 0 aliphatic carbocycles. The lowest BCUT2D eigenvalue weighted by molar-refractivity contribution is -0.148. The summed E-state index contributed by atoms with van der Waals surface area (Å²) in [5, 5.41) is 2.67. The van der Waals surface area contributed by atoms with Crippen LogP contribution < -0.4 is 19.5 Å². The van der Waals surface area contributed by atoms with Gasteiger partial charge < -0.3 is 24.3 Å². The van der Waals surface area contributed by atoms with Crippen molar-refractivity contribution < 1.29 is 28.5 Å². The number of amides is 1. The maximum atomic E-state index is 12.2. The zero-order valence-electron chi connectivity index (χ0n) is 14.9. The summed E-state index contributed by atoms with van der Waals surface area (Å²) in [6.07, 6.45) is 1.86. The Hall–Kier alpha value is -3.48. The van der Waals surface area contributed by atoms with E-state index >= 15 is 0 Å². The van der Waals surface area contributed by atoms with Crippen LogP contribution in [-0.2, 0) is 14.3 Å². The topological polar surface area (TPSA) is 83.1 Å². The van der Waals surface area contributed by atoms with E-state index in [4.69, 9.17) is 18.9 Å². The fourth-order valence-corrected chi connectivity index (χ4v) is 2.43. The Morgan fingerprint density at radius 3 is 2.74 bits per heavy atom. The average Bonchev–Trinajstić information content (AvgIpc) is 3.14. The summed E-state index contributed by atoms with van der Waals surface area (Å²) >= 11 is 0. The molecule has 1 amide bonds. The molecular formula is C20H19NO6. The molecule has 2 aromatic rings. The molecule has 7 nitrogen and oxygen atoms in total. The molecule has 1 aliphatic rings. The van der Waals surface area contributed by atoms with Crippen molar-refractivity contribution in [1.29, 1.82) is 0 Å². The average molecular weight is 369 g/mol. The number of esters is 1. The van der Waals surface area contributed by atoms with E-state index in [1.54, 1.807) is 48.5 Å². The lowest BCUT2D eigenvalue weighted by Crippen LogP contribution is -2.29. The fourth-order valence-electron chi connectivity index (χ4n) is 2.43. The van der Waals surface area contributed by atoms with E-state index in [0.29, 0.717) is 22.9 Å². The van der Waals surface area contributed by atoms with Gasteiger partial charge in [-0.05, 0) is 42.8 Å². The second-order valence-electron chi connectivity index (χ2n) is 5.71. The van der Waals surface area contributed by atoms with Gasteiger partial charge in [0.2, 0.25) is 6.79 Å². The predicted molar refractivity (Wildman–Crippen MR) is 98.8 cm³/mol. The smallest absolute Gasteiger partial charge is 0.331 e. The second-order valence-corrected chi connectivity index (χ2v) is 5.71. The Morgan fingerprint density at radius 2 is 1.93 bits per heavy atom. The van der Waals surface area contributed by atoms with E-state index < -0.39 is 18.0 Å². The highest BCUT2D eigenvalue weighted by Gasteiger charge is 2.18. The Morgan fingerprint density at radius 1 is 1.15 bits per heavy atom. The van der Waals surface area contributed by atoms with Gasteiger partial charge >= 0.3 is 5.97 Å². The maximum absolute atomic E-state index is 12.2. The second kappa shape index (κ2) is 8.27. The van der Waals surface area contributed by atoms with Gasteiger partial charge in [0, 0.05) is 6.08 Å². The van der Waals surface area contributed by atoms with E-state index in [2.05, 4.69) is 5.32 Å². The van der Waals surface area contributed by atoms with Crippen molar-refractivity contribution in [2.45, 2.75) is 13.0 Å². The van der Waals surface area contributed by atoms with E-state index in [9.17, 15) is 9.59 Å². The zero-order chi connectivity index (χ0) is 19.2. The van der Waals surface area contributed by atoms with Crippen molar-refractivity contribution in [2.24, 2.45) is 0 Å². The molecule has 1 aliphatic heterocycles. The molecule has 0 unspecified atom stereocenters. The van der Waals surface area contributed by atoms with Crippen LogP contribution in [0.2, 0.25) is 0 Å². The third-order valence-corrected chi connectivity index (χ3v) is 3.84. The van der Waals surface area contributed by atoms with Crippen LogP contribution in [0.3, 0.4) is 0 Å². The van der Waals surface area contributed by atoms with Gasteiger partial charge in [-0.25, -0.2) is 4.79 Å². The maximum Gasteiger partial charge on any atom is 0.331 e. The van der Waals surface area contributed by atoms with Gasteiger partial charge in [-0.2, -0.15) is 0 Å². The van der Waals surface area contributed by atoms with Crippen LogP contribution in [0.4, 0.5) is 5.69 Å². The highest BCUT2D eigenvalue weighted by molar-refractivity contribution is 5.97. The quantitative estimate of drug-likeness (QED) is 0.623. The molecule has 3 rings (SSSR count). The molecule has 1 N–H and O–H groups in total. The minimum Gasteiger partial charge on any atom is -0.495 e. The van der Waals surface area contributed by atoms with Crippen molar-refractivity contribution >= 4 is 23.6 Å². The molecule has 0 saturated heterocycles. The molecule has 1 atom stereocenters. The van der Waals surface area contributed by atoms with Gasteiger partial charge in [-0.1, -0.05) is 18.2 Å². The van der Waals surface area contributed by atoms with Crippen LogP contribution in [0.1, 0.15) is 12.5 Å². The van der Waals surface area contributed by atoms with Gasteiger partial charge in [0.1, 0.15) is 5.75 Å². The number of methoxy groups -OCH3 is 1. The number of nitrogens with one attached hydrogen (secondary N) is 1. The summed E-state index contributed by atoms with van der Waals surface area (Å²) in [6.45, 7) is 1.68. The minimum atomic E-state index is -0.969. The number of para-hydroxylation sites is 2. The SMILES string of the molecule is COc1ccccc1NC(=O)[C@H](C)OC(=O)/C=C/c1ccc2c(c1)OCO2. The monoisotopic (exact) mass is 369 g/mol. The number of carbonyl (C=O) groups excluding carboxylic acids is 2. The molecule has 0 fully saturated rings. The molecule has 0 saturated carbocycles. The molecule has 27 heavy (non-hydrogen) atoms. The highest BCUT2D eigenvalue weighted by Crippen LogP contribution is 2.32. The molecule has 0 radical (unpaired) electrons. The molecule has 140 valence electrons. The molecule has 2 aromatic carbocycles. The normalized spacial score (nSPS) is 13.3. The summed E-state index contributed by atoms with van der Waals surface area (Å²) in [7, 11) is 1.51. The largest absolute Gasteiger partial charge is 0.495 e. The summed E-state index contributed by atoms with van der Waals surface area (Å²) < 4.78 is 20.8. The number of carbonyl (C=O) groups is 2. The van der Waals surface area contributed by atoms with Crippen LogP contribution in [-0.4, -0.2) is 31.9 Å². The Balaban J connectivity index is 1.56. The van der Waals surface area contributed by atoms with Crippen molar-refractivity contribution in [3.05, 3.63) is 54.1 Å². The van der Waals surface area contributed by atoms with Crippen molar-refractivity contribution in [3.63, 3.8) is 0 Å². The van der Waals surface area contributed by atoms with Gasteiger partial charge in [-0.15, -0.1) is 0 Å². The van der Waals surface area contributed by atoms with Gasteiger partial charge in [0.25, 0.3) is 5.91 Å². The fraction of sp³-hybridized carbons (Fsp3) is 0.200. The number of benzene rings is 2. The molecule has 7 heteroatoms. The Bertz CT molecular complexity index is 877. The van der Waals surface area contributed by atoms with Crippen LogP contribution in [0.15, 0.2) is 48.5 Å². The molecule has 0 spiro atoms. The van der Waals surface area contributed by atoms with E-state index in [0.717, 1.165) is 5.56 Å². The number of anilines is 1. The number of rotatable bonds is 6. The Labute approximate surface area is 156 Å². The zero-order valence-corrected chi connectivity index (χ0v) is 14.9. The summed E-state index contributed by atoms with van der Waals surface area (Å²) in [4.78, 5) is 24.2. The van der Waals surface area contributed by atoms with Gasteiger partial charge in [-0.3, -0.25) is 4.79 Å². The van der Waals surface area contributed by atoms with E-state index in [1.165, 1.54) is 20.1 Å². The minimum absolute atomic E-state index is 0.184. The van der Waals surface area contributed by atoms with Crippen molar-refractivity contribution in [1.82, 2.24) is 0 Å². The Kier molecular flexibility index (Phi) is 5.61. The highest BCUT2D eigenvalue weighted by atomic mass is 16.7. The first kappa shape index (κ1) is 18.3. The first-order valence-corrected chi connectivity index (χ1v) is 8.29. The molecule has 0 bridgehead atoms. The van der Waals surface area contributed by atoms with Gasteiger partial charge in [0.05, 0.1) is 12.8 Å².